The van der Waals surface area contributed by atoms with Crippen LogP contribution in [0.3, 0.4) is 0 Å². The van der Waals surface area contributed by atoms with Crippen molar-refractivity contribution in [3.05, 3.63) is 48.1 Å². The zero-order chi connectivity index (χ0) is 23.0. The lowest BCUT2D eigenvalue weighted by Gasteiger charge is -2.40. The average molecular weight is 438 g/mol. The molecule has 0 saturated heterocycles. The highest BCUT2D eigenvalue weighted by Crippen LogP contribution is 2.39. The van der Waals surface area contributed by atoms with Crippen molar-refractivity contribution >= 4 is 23.4 Å². The third-order valence-electron chi connectivity index (χ3n) is 5.46. The van der Waals surface area contributed by atoms with E-state index < -0.39 is 6.09 Å². The molecule has 0 unspecified atom stereocenters. The van der Waals surface area contributed by atoms with Gasteiger partial charge >= 0.3 is 6.09 Å². The molecule has 1 atom stereocenters. The monoisotopic (exact) mass is 437 g/mol. The maximum absolute atomic E-state index is 12.9. The van der Waals surface area contributed by atoms with Gasteiger partial charge in [0.1, 0.15) is 11.5 Å². The second kappa shape index (κ2) is 8.49. The number of hydrogen-bond donors (Lipinski definition) is 1. The molecule has 9 nitrogen and oxygen atoms in total. The van der Waals surface area contributed by atoms with Gasteiger partial charge in [-0.15, -0.1) is 0 Å². The first-order valence-electron chi connectivity index (χ1n) is 10.6. The Morgan fingerprint density at radius 1 is 1.22 bits per heavy atom. The number of rotatable bonds is 5. The van der Waals surface area contributed by atoms with Gasteiger partial charge in [0.05, 0.1) is 30.2 Å². The minimum absolute atomic E-state index is 0.00210. The maximum Gasteiger partial charge on any atom is 0.411 e. The molecule has 1 aromatic carbocycles. The number of fused-ring (bicyclic) bond motifs is 1. The van der Waals surface area contributed by atoms with Crippen LogP contribution in [0.4, 0.5) is 16.2 Å². The number of carbonyl (C=O) groups excluding carboxylic acids is 1. The quantitative estimate of drug-likeness (QED) is 0.643. The van der Waals surface area contributed by atoms with Crippen molar-refractivity contribution in [1.29, 1.82) is 0 Å². The highest BCUT2D eigenvalue weighted by Gasteiger charge is 2.35. The van der Waals surface area contributed by atoms with Crippen LogP contribution in [0.1, 0.15) is 38.6 Å². The molecule has 168 valence electrons. The lowest BCUT2D eigenvalue weighted by Crippen LogP contribution is -2.51. The maximum atomic E-state index is 12.9. The smallest absolute Gasteiger partial charge is 0.411 e. The first-order chi connectivity index (χ1) is 15.2. The van der Waals surface area contributed by atoms with Gasteiger partial charge in [-0.05, 0) is 37.5 Å². The topological polar surface area (TPSA) is 105 Å². The molecule has 0 aliphatic carbocycles. The van der Waals surface area contributed by atoms with Crippen LogP contribution in [0.5, 0.6) is 0 Å². The van der Waals surface area contributed by atoms with Crippen LogP contribution in [0.2, 0.25) is 0 Å². The van der Waals surface area contributed by atoms with Crippen molar-refractivity contribution < 1.29 is 19.2 Å². The molecule has 1 N–H and O–H groups in total. The molecule has 0 saturated carbocycles. The van der Waals surface area contributed by atoms with Gasteiger partial charge in [0.15, 0.2) is 0 Å². The van der Waals surface area contributed by atoms with E-state index in [1.165, 1.54) is 4.90 Å². The van der Waals surface area contributed by atoms with Crippen molar-refractivity contribution in [2.45, 2.75) is 46.7 Å². The predicted octanol–water partition coefficient (Wildman–Crippen LogP) is 4.16. The van der Waals surface area contributed by atoms with Gasteiger partial charge in [0.2, 0.25) is 5.91 Å². The van der Waals surface area contributed by atoms with Crippen molar-refractivity contribution in [2.24, 2.45) is 5.92 Å². The molecule has 0 fully saturated rings. The van der Waals surface area contributed by atoms with Crippen molar-refractivity contribution in [1.82, 2.24) is 14.9 Å². The fourth-order valence-corrected chi connectivity index (χ4v) is 4.07. The molecule has 0 bridgehead atoms. The van der Waals surface area contributed by atoms with E-state index in [4.69, 9.17) is 4.52 Å². The second-order valence-electron chi connectivity index (χ2n) is 8.66. The molecule has 9 heteroatoms. The molecular formula is C23H27N5O4. The van der Waals surface area contributed by atoms with Crippen LogP contribution in [0, 0.1) is 12.8 Å². The molecule has 2 aromatic heterocycles. The molecule has 4 rings (SSSR count). The summed E-state index contributed by atoms with van der Waals surface area (Å²) in [5.74, 6) is 0.957. The Labute approximate surface area is 186 Å². The van der Waals surface area contributed by atoms with Crippen molar-refractivity contribution in [3.8, 4) is 11.1 Å². The molecule has 1 aliphatic heterocycles. The lowest BCUT2D eigenvalue weighted by molar-refractivity contribution is -0.119. The second-order valence-corrected chi connectivity index (χ2v) is 8.66. The fraction of sp³-hybridized carbons (Fsp3) is 0.391. The summed E-state index contributed by atoms with van der Waals surface area (Å²) in [5, 5.41) is 18.2. The van der Waals surface area contributed by atoms with Crippen LogP contribution >= 0.6 is 0 Å². The Kier molecular flexibility index (Phi) is 5.73. The van der Waals surface area contributed by atoms with Crippen LogP contribution in [0.25, 0.3) is 11.1 Å². The molecule has 32 heavy (non-hydrogen) atoms. The van der Waals surface area contributed by atoms with E-state index in [-0.39, 0.29) is 24.4 Å². The molecule has 0 radical (unpaired) electrons. The fourth-order valence-electron chi connectivity index (χ4n) is 4.07. The molecule has 1 aliphatic rings. The Hall–Kier alpha value is -3.62. The third-order valence-corrected chi connectivity index (χ3v) is 5.46. The van der Waals surface area contributed by atoms with E-state index >= 15 is 0 Å². The van der Waals surface area contributed by atoms with E-state index in [9.17, 15) is 14.7 Å². The van der Waals surface area contributed by atoms with Crippen molar-refractivity contribution in [3.63, 3.8) is 0 Å². The highest BCUT2D eigenvalue weighted by atomic mass is 16.5. The molecule has 0 spiro atoms. The van der Waals surface area contributed by atoms with Crippen molar-refractivity contribution in [2.75, 3.05) is 16.3 Å². The minimum atomic E-state index is -1.04. The number of carboxylic acid groups (broad SMARTS) is 1. The number of amides is 2. The first kappa shape index (κ1) is 21.6. The van der Waals surface area contributed by atoms with E-state index in [0.29, 0.717) is 24.3 Å². The van der Waals surface area contributed by atoms with Gasteiger partial charge in [-0.25, -0.2) is 4.79 Å². The van der Waals surface area contributed by atoms with E-state index in [1.54, 1.807) is 15.8 Å². The van der Waals surface area contributed by atoms with Gasteiger partial charge in [0, 0.05) is 30.8 Å². The Bertz CT molecular complexity index is 1150. The number of aryl methyl sites for hydroxylation is 1. The average Bonchev–Trinajstić information content (AvgIpc) is 3.35. The Morgan fingerprint density at radius 3 is 2.66 bits per heavy atom. The summed E-state index contributed by atoms with van der Waals surface area (Å²) < 4.78 is 6.85. The molecule has 3 heterocycles. The molecule has 3 aromatic rings. The Balaban J connectivity index is 1.67. The van der Waals surface area contributed by atoms with Gasteiger partial charge < -0.3 is 14.5 Å². The summed E-state index contributed by atoms with van der Waals surface area (Å²) in [6, 6.07) is 7.15. The third kappa shape index (κ3) is 4.23. The minimum Gasteiger partial charge on any atom is -0.465 e. The largest absolute Gasteiger partial charge is 0.465 e. The summed E-state index contributed by atoms with van der Waals surface area (Å²) in [5.41, 5.74) is 3.56. The first-order valence-corrected chi connectivity index (χ1v) is 10.6. The van der Waals surface area contributed by atoms with Gasteiger partial charge in [-0.1, -0.05) is 25.1 Å². The van der Waals surface area contributed by atoms with Crippen LogP contribution in [0.15, 0.2) is 41.2 Å². The number of carbonyl (C=O) groups is 2. The van der Waals surface area contributed by atoms with Crippen LogP contribution < -0.4 is 9.80 Å². The normalized spacial score (nSPS) is 15.8. The predicted molar refractivity (Wildman–Crippen MR) is 120 cm³/mol. The van der Waals surface area contributed by atoms with Gasteiger partial charge in [-0.3, -0.25) is 14.4 Å². The molecule has 2 amide bonds. The number of aromatic nitrogens is 3. The number of nitrogens with zero attached hydrogens (tertiary/aromatic N) is 5. The lowest BCUT2D eigenvalue weighted by atomic mass is 10.0. The van der Waals surface area contributed by atoms with Crippen LogP contribution in [-0.4, -0.2) is 44.6 Å². The Morgan fingerprint density at radius 2 is 2.00 bits per heavy atom. The number of anilines is 2. The zero-order valence-electron chi connectivity index (χ0n) is 18.6. The molecular weight excluding hydrogens is 410 g/mol. The van der Waals surface area contributed by atoms with Crippen LogP contribution in [-0.2, 0) is 11.3 Å². The summed E-state index contributed by atoms with van der Waals surface area (Å²) in [6.07, 6.45) is 2.98. The van der Waals surface area contributed by atoms with E-state index in [1.807, 2.05) is 58.2 Å². The highest BCUT2D eigenvalue weighted by molar-refractivity contribution is 6.03. The summed E-state index contributed by atoms with van der Waals surface area (Å²) >= 11 is 0. The van der Waals surface area contributed by atoms with E-state index in [2.05, 4.69) is 10.3 Å². The number of benzene rings is 1. The zero-order valence-corrected chi connectivity index (χ0v) is 18.6. The number of hydrogen-bond acceptors (Lipinski definition) is 5. The van der Waals surface area contributed by atoms with Gasteiger partial charge in [-0.2, -0.15) is 5.10 Å². The van der Waals surface area contributed by atoms with E-state index in [0.717, 1.165) is 22.6 Å². The standard InChI is InChI=1S/C23H27N5O4/c1-14(2)7-22(29)28-15(3)11-27(23(30)31)21-9-17(5-6-20(21)28)18-10-24-26(12-18)13-19-8-16(4)32-25-19/h5-6,8-10,12,14-15H,7,11,13H2,1-4H3,(H,30,31)/t15-/m0/s1. The SMILES string of the molecule is Cc1cc(Cn2cc(-c3ccc4c(c3)N(C(=O)O)C[C@H](C)N4C(=O)CC(C)C)cn2)no1. The summed E-state index contributed by atoms with van der Waals surface area (Å²) in [6.45, 7) is 8.40. The van der Waals surface area contributed by atoms with Gasteiger partial charge in [0.25, 0.3) is 0 Å². The summed E-state index contributed by atoms with van der Waals surface area (Å²) in [4.78, 5) is 27.9. The summed E-state index contributed by atoms with van der Waals surface area (Å²) in [7, 11) is 0.